The van der Waals surface area contributed by atoms with E-state index in [1.165, 1.54) is 0 Å². The van der Waals surface area contributed by atoms with E-state index in [4.69, 9.17) is 20.8 Å². The van der Waals surface area contributed by atoms with Crippen molar-refractivity contribution < 1.29 is 13.9 Å². The molecule has 1 atom stereocenters. The van der Waals surface area contributed by atoms with E-state index in [2.05, 4.69) is 5.10 Å². The van der Waals surface area contributed by atoms with Gasteiger partial charge in [0, 0.05) is 24.9 Å². The summed E-state index contributed by atoms with van der Waals surface area (Å²) in [7, 11) is 0. The molecule has 1 aromatic heterocycles. The van der Waals surface area contributed by atoms with Crippen molar-refractivity contribution in [3.63, 3.8) is 0 Å². The zero-order valence-corrected chi connectivity index (χ0v) is 13.3. The average molecular weight is 338 g/mol. The lowest BCUT2D eigenvalue weighted by Gasteiger charge is -2.17. The van der Waals surface area contributed by atoms with Gasteiger partial charge in [-0.2, -0.15) is 4.68 Å². The molecule has 0 N–H and O–H groups in total. The highest BCUT2D eigenvalue weighted by atomic mass is 35.5. The summed E-state index contributed by atoms with van der Waals surface area (Å²) in [6.45, 7) is 2.49. The molecule has 1 aliphatic heterocycles. The lowest BCUT2D eigenvalue weighted by molar-refractivity contribution is -0.131. The Morgan fingerprint density at radius 1 is 1.52 bits per heavy atom. The smallest absolute Gasteiger partial charge is 0.437 e. The second-order valence-corrected chi connectivity index (χ2v) is 5.81. The molecule has 0 saturated carbocycles. The Labute approximate surface area is 137 Å². The molecule has 1 saturated heterocycles. The fourth-order valence-electron chi connectivity index (χ4n) is 2.52. The standard InChI is InChI=1S/C15H16ClN3O4/c1-10-17-19(15(21)22-10)9-14(20)18-6-5-13(8-18)23-12-4-2-3-11(16)7-12/h2-4,7,13H,5-6,8-9H2,1H3/t13-/m1/s1. The second-order valence-electron chi connectivity index (χ2n) is 5.37. The Kier molecular flexibility index (Phi) is 4.38. The number of hydrogen-bond donors (Lipinski definition) is 0. The number of ether oxygens (including phenoxy) is 1. The lowest BCUT2D eigenvalue weighted by Crippen LogP contribution is -2.35. The summed E-state index contributed by atoms with van der Waals surface area (Å²) in [5.41, 5.74) is 0. The SMILES string of the molecule is Cc1nn(CC(=O)N2CC[C@@H](Oc3cccc(Cl)c3)C2)c(=O)o1. The third-order valence-electron chi connectivity index (χ3n) is 3.59. The first kappa shape index (κ1) is 15.6. The Morgan fingerprint density at radius 3 is 3.04 bits per heavy atom. The molecule has 0 unspecified atom stereocenters. The van der Waals surface area contributed by atoms with Gasteiger partial charge < -0.3 is 14.1 Å². The van der Waals surface area contributed by atoms with Crippen molar-refractivity contribution in [2.45, 2.75) is 26.0 Å². The third kappa shape index (κ3) is 3.73. The van der Waals surface area contributed by atoms with Crippen LogP contribution in [-0.2, 0) is 11.3 Å². The molecule has 1 aliphatic rings. The monoisotopic (exact) mass is 337 g/mol. The van der Waals surface area contributed by atoms with Crippen LogP contribution in [0.3, 0.4) is 0 Å². The number of amides is 1. The van der Waals surface area contributed by atoms with E-state index in [1.54, 1.807) is 24.0 Å². The van der Waals surface area contributed by atoms with Gasteiger partial charge in [0.1, 0.15) is 18.4 Å². The van der Waals surface area contributed by atoms with Gasteiger partial charge >= 0.3 is 5.76 Å². The number of rotatable bonds is 4. The van der Waals surface area contributed by atoms with E-state index in [0.717, 1.165) is 11.1 Å². The molecule has 1 aromatic carbocycles. The average Bonchev–Trinajstić information content (AvgIpc) is 3.06. The number of benzene rings is 1. The van der Waals surface area contributed by atoms with Gasteiger partial charge in [0.25, 0.3) is 0 Å². The molecule has 1 amide bonds. The summed E-state index contributed by atoms with van der Waals surface area (Å²) < 4.78 is 11.6. The summed E-state index contributed by atoms with van der Waals surface area (Å²) >= 11 is 5.92. The number of aromatic nitrogens is 2. The summed E-state index contributed by atoms with van der Waals surface area (Å²) in [5.74, 6) is 0.117. The van der Waals surface area contributed by atoms with Crippen molar-refractivity contribution >= 4 is 17.5 Å². The van der Waals surface area contributed by atoms with Gasteiger partial charge in [0.2, 0.25) is 11.8 Å². The van der Waals surface area contributed by atoms with Gasteiger partial charge in [-0.15, -0.1) is 5.10 Å². The van der Waals surface area contributed by atoms with Crippen LogP contribution >= 0.6 is 11.6 Å². The first-order valence-corrected chi connectivity index (χ1v) is 7.63. The maximum absolute atomic E-state index is 12.2. The van der Waals surface area contributed by atoms with E-state index in [-0.39, 0.29) is 24.4 Å². The first-order valence-electron chi connectivity index (χ1n) is 7.26. The second kappa shape index (κ2) is 6.45. The van der Waals surface area contributed by atoms with Crippen LogP contribution in [0.25, 0.3) is 0 Å². The Hall–Kier alpha value is -2.28. The number of aryl methyl sites for hydroxylation is 1. The zero-order chi connectivity index (χ0) is 16.4. The molecule has 2 heterocycles. The van der Waals surface area contributed by atoms with Crippen LogP contribution in [0.4, 0.5) is 0 Å². The summed E-state index contributed by atoms with van der Waals surface area (Å²) in [6.07, 6.45) is 0.638. The minimum atomic E-state index is -0.623. The van der Waals surface area contributed by atoms with E-state index in [1.807, 2.05) is 12.1 Å². The number of nitrogens with zero attached hydrogens (tertiary/aromatic N) is 3. The van der Waals surface area contributed by atoms with Gasteiger partial charge in [0.05, 0.1) is 6.54 Å². The fraction of sp³-hybridized carbons (Fsp3) is 0.400. The highest BCUT2D eigenvalue weighted by molar-refractivity contribution is 6.30. The van der Waals surface area contributed by atoms with Crippen LogP contribution in [0.1, 0.15) is 12.3 Å². The maximum Gasteiger partial charge on any atom is 0.437 e. The van der Waals surface area contributed by atoms with Crippen LogP contribution < -0.4 is 10.5 Å². The Morgan fingerprint density at radius 2 is 2.35 bits per heavy atom. The molecular weight excluding hydrogens is 322 g/mol. The molecule has 23 heavy (non-hydrogen) atoms. The summed E-state index contributed by atoms with van der Waals surface area (Å²) in [5, 5.41) is 4.47. The van der Waals surface area contributed by atoms with E-state index < -0.39 is 5.76 Å². The van der Waals surface area contributed by atoms with Crippen molar-refractivity contribution in [3.05, 3.63) is 45.7 Å². The van der Waals surface area contributed by atoms with Gasteiger partial charge in [0.15, 0.2) is 0 Å². The normalized spacial score (nSPS) is 17.5. The molecule has 8 heteroatoms. The van der Waals surface area contributed by atoms with Gasteiger partial charge in [-0.25, -0.2) is 4.79 Å². The number of carbonyl (C=O) groups is 1. The van der Waals surface area contributed by atoms with Gasteiger partial charge in [-0.05, 0) is 18.2 Å². The van der Waals surface area contributed by atoms with Crippen LogP contribution in [0, 0.1) is 6.92 Å². The van der Waals surface area contributed by atoms with E-state index >= 15 is 0 Å². The highest BCUT2D eigenvalue weighted by Gasteiger charge is 2.28. The predicted octanol–water partition coefficient (Wildman–Crippen LogP) is 1.48. The van der Waals surface area contributed by atoms with Crippen LogP contribution in [0.5, 0.6) is 5.75 Å². The molecule has 1 fully saturated rings. The van der Waals surface area contributed by atoms with Crippen molar-refractivity contribution in [1.82, 2.24) is 14.7 Å². The highest BCUT2D eigenvalue weighted by Crippen LogP contribution is 2.21. The molecule has 7 nitrogen and oxygen atoms in total. The fourth-order valence-corrected chi connectivity index (χ4v) is 2.70. The number of carbonyl (C=O) groups excluding carboxylic acids is 1. The number of likely N-dealkylation sites (tertiary alicyclic amines) is 1. The molecule has 0 spiro atoms. The van der Waals surface area contributed by atoms with Crippen molar-refractivity contribution in [1.29, 1.82) is 0 Å². The molecule has 0 aliphatic carbocycles. The van der Waals surface area contributed by atoms with Crippen LogP contribution in [0.15, 0.2) is 33.5 Å². The van der Waals surface area contributed by atoms with Gasteiger partial charge in [-0.3, -0.25) is 4.79 Å². The maximum atomic E-state index is 12.2. The first-order chi connectivity index (χ1) is 11.0. The van der Waals surface area contributed by atoms with Crippen LogP contribution in [-0.4, -0.2) is 39.8 Å². The quantitative estimate of drug-likeness (QED) is 0.844. The molecule has 122 valence electrons. The number of halogens is 1. The van der Waals surface area contributed by atoms with E-state index in [9.17, 15) is 9.59 Å². The van der Waals surface area contributed by atoms with E-state index in [0.29, 0.717) is 23.9 Å². The minimum absolute atomic E-state index is 0.0896. The van der Waals surface area contributed by atoms with Crippen LogP contribution in [0.2, 0.25) is 5.02 Å². The molecule has 2 aromatic rings. The molecular formula is C15H16ClN3O4. The predicted molar refractivity (Wildman–Crippen MR) is 82.6 cm³/mol. The summed E-state index contributed by atoms with van der Waals surface area (Å²) in [6, 6.07) is 7.16. The number of hydrogen-bond acceptors (Lipinski definition) is 5. The molecule has 3 rings (SSSR count). The Balaban J connectivity index is 1.57. The Bertz CT molecular complexity index is 770. The van der Waals surface area contributed by atoms with Crippen molar-refractivity contribution in [3.8, 4) is 5.75 Å². The van der Waals surface area contributed by atoms with Gasteiger partial charge in [-0.1, -0.05) is 17.7 Å². The largest absolute Gasteiger partial charge is 0.488 e. The topological polar surface area (TPSA) is 77.6 Å². The third-order valence-corrected chi connectivity index (χ3v) is 3.82. The summed E-state index contributed by atoms with van der Waals surface area (Å²) in [4.78, 5) is 25.3. The molecule has 0 radical (unpaired) electrons. The minimum Gasteiger partial charge on any atom is -0.488 e. The van der Waals surface area contributed by atoms with Crippen molar-refractivity contribution in [2.24, 2.45) is 0 Å². The zero-order valence-electron chi connectivity index (χ0n) is 12.6. The lowest BCUT2D eigenvalue weighted by atomic mass is 10.3. The molecule has 0 bridgehead atoms. The van der Waals surface area contributed by atoms with Crippen molar-refractivity contribution in [2.75, 3.05) is 13.1 Å².